The molecule has 6 nitrogen and oxygen atoms in total. The second-order valence-electron chi connectivity index (χ2n) is 1.97. The number of aliphatic hydroxyl groups excluding tert-OH is 3. The van der Waals surface area contributed by atoms with Crippen LogP contribution in [-0.2, 0) is 9.63 Å². The zero-order chi connectivity index (χ0) is 8.85. The van der Waals surface area contributed by atoms with Gasteiger partial charge in [-0.25, -0.2) is 5.90 Å². The molecule has 0 radical (unpaired) electrons. The lowest BCUT2D eigenvalue weighted by Crippen LogP contribution is -2.43. The lowest BCUT2D eigenvalue weighted by Gasteiger charge is -2.19. The van der Waals surface area contributed by atoms with Crippen LogP contribution >= 0.6 is 0 Å². The third kappa shape index (κ3) is 2.91. The lowest BCUT2D eigenvalue weighted by atomic mass is 10.1. The third-order valence-corrected chi connectivity index (χ3v) is 1.22. The predicted octanol–water partition coefficient (Wildman–Crippen LogP) is -2.84. The Hall–Kier alpha value is -0.530. The molecule has 0 aliphatic heterocycles. The van der Waals surface area contributed by atoms with Gasteiger partial charge in [-0.05, 0) is 0 Å². The molecule has 0 fully saturated rings. The summed E-state index contributed by atoms with van der Waals surface area (Å²) in [5.74, 6) is 4.63. The third-order valence-electron chi connectivity index (χ3n) is 1.22. The highest BCUT2D eigenvalue weighted by molar-refractivity contribution is 5.56. The van der Waals surface area contributed by atoms with Crippen molar-refractivity contribution in [1.29, 1.82) is 0 Å². The highest BCUT2D eigenvalue weighted by Crippen LogP contribution is 1.99. The quantitative estimate of drug-likeness (QED) is 0.258. The minimum Gasteiger partial charge on any atom is -0.393 e. The summed E-state index contributed by atoms with van der Waals surface area (Å²) in [4.78, 5) is 14.0. The normalized spacial score (nSPS) is 18.9. The minimum absolute atomic E-state index is 0.131. The number of carbonyl (C=O) groups is 1. The summed E-state index contributed by atoms with van der Waals surface area (Å²) in [6, 6.07) is 0. The summed E-state index contributed by atoms with van der Waals surface area (Å²) in [6.45, 7) is -0.567. The standard InChI is InChI=1S/C5H11NO5/c6-11-4(2-8)5(10)3(9)1-7/h1,3-5,8-10H,2,6H2/t3-,4-,5+/m0/s1. The number of aldehydes is 1. The van der Waals surface area contributed by atoms with E-state index in [1.807, 2.05) is 0 Å². The van der Waals surface area contributed by atoms with Gasteiger partial charge in [-0.3, -0.25) is 4.84 Å². The first kappa shape index (κ1) is 10.5. The summed E-state index contributed by atoms with van der Waals surface area (Å²) in [6.07, 6.45) is -4.10. The van der Waals surface area contributed by atoms with Crippen LogP contribution in [0.4, 0.5) is 0 Å². The summed E-state index contributed by atoms with van der Waals surface area (Å²) in [7, 11) is 0. The van der Waals surface area contributed by atoms with Crippen LogP contribution in [0.3, 0.4) is 0 Å². The Kier molecular flexibility index (Phi) is 4.92. The number of nitrogens with two attached hydrogens (primary N) is 1. The average molecular weight is 165 g/mol. The zero-order valence-electron chi connectivity index (χ0n) is 5.75. The predicted molar refractivity (Wildman–Crippen MR) is 34.2 cm³/mol. The molecule has 0 unspecified atom stereocenters. The van der Waals surface area contributed by atoms with Crippen LogP contribution in [0, 0.1) is 0 Å². The second kappa shape index (κ2) is 5.16. The van der Waals surface area contributed by atoms with E-state index in [4.69, 9.17) is 15.3 Å². The van der Waals surface area contributed by atoms with Crippen LogP contribution in [0.15, 0.2) is 0 Å². The van der Waals surface area contributed by atoms with Crippen LogP contribution in [-0.4, -0.2) is 46.5 Å². The first-order valence-electron chi connectivity index (χ1n) is 2.95. The minimum atomic E-state index is -1.59. The molecule has 0 aliphatic carbocycles. The van der Waals surface area contributed by atoms with Crippen molar-refractivity contribution < 1.29 is 25.0 Å². The van der Waals surface area contributed by atoms with Crippen LogP contribution in [0.25, 0.3) is 0 Å². The smallest absolute Gasteiger partial charge is 0.151 e. The van der Waals surface area contributed by atoms with Gasteiger partial charge in [0.25, 0.3) is 0 Å². The van der Waals surface area contributed by atoms with Gasteiger partial charge in [0.2, 0.25) is 0 Å². The topological polar surface area (TPSA) is 113 Å². The van der Waals surface area contributed by atoms with Crippen molar-refractivity contribution >= 4 is 6.29 Å². The molecule has 0 heterocycles. The molecule has 66 valence electrons. The van der Waals surface area contributed by atoms with E-state index in [1.165, 1.54) is 0 Å². The number of hydrogen-bond donors (Lipinski definition) is 4. The van der Waals surface area contributed by atoms with Gasteiger partial charge in [0.15, 0.2) is 6.29 Å². The monoisotopic (exact) mass is 165 g/mol. The molecule has 0 aliphatic rings. The number of rotatable bonds is 5. The van der Waals surface area contributed by atoms with Crippen LogP contribution in [0.5, 0.6) is 0 Å². The van der Waals surface area contributed by atoms with E-state index >= 15 is 0 Å². The fraction of sp³-hybridized carbons (Fsp3) is 0.800. The SMILES string of the molecule is NO[C@@H](CO)[C@H](O)[C@@H](O)C=O. The number of hydrogen-bond acceptors (Lipinski definition) is 6. The van der Waals surface area contributed by atoms with E-state index in [2.05, 4.69) is 10.7 Å². The molecule has 0 amide bonds. The van der Waals surface area contributed by atoms with Crippen molar-refractivity contribution in [2.75, 3.05) is 6.61 Å². The molecule has 0 spiro atoms. The van der Waals surface area contributed by atoms with Gasteiger partial charge >= 0.3 is 0 Å². The summed E-state index contributed by atoms with van der Waals surface area (Å²) >= 11 is 0. The Balaban J connectivity index is 3.95. The van der Waals surface area contributed by atoms with Crippen molar-refractivity contribution in [2.24, 2.45) is 5.90 Å². The number of aliphatic hydroxyl groups is 3. The lowest BCUT2D eigenvalue weighted by molar-refractivity contribution is -0.134. The van der Waals surface area contributed by atoms with E-state index in [-0.39, 0.29) is 6.29 Å². The molecule has 0 aromatic carbocycles. The van der Waals surface area contributed by atoms with Crippen molar-refractivity contribution in [1.82, 2.24) is 0 Å². The van der Waals surface area contributed by atoms with E-state index < -0.39 is 24.9 Å². The summed E-state index contributed by atoms with van der Waals surface area (Å²) in [5.41, 5.74) is 0. The maximum Gasteiger partial charge on any atom is 0.151 e. The van der Waals surface area contributed by atoms with Crippen molar-refractivity contribution in [3.05, 3.63) is 0 Å². The highest BCUT2D eigenvalue weighted by Gasteiger charge is 2.25. The van der Waals surface area contributed by atoms with Gasteiger partial charge in [-0.15, -0.1) is 0 Å². The molecule has 0 aromatic heterocycles. The molecule has 0 aromatic rings. The fourth-order valence-electron chi connectivity index (χ4n) is 0.532. The molecule has 5 N–H and O–H groups in total. The Morgan fingerprint density at radius 1 is 1.55 bits per heavy atom. The van der Waals surface area contributed by atoms with Crippen LogP contribution in [0.1, 0.15) is 0 Å². The molecule has 11 heavy (non-hydrogen) atoms. The maximum absolute atomic E-state index is 9.89. The first-order valence-corrected chi connectivity index (χ1v) is 2.95. The van der Waals surface area contributed by atoms with Crippen molar-refractivity contribution in [2.45, 2.75) is 18.3 Å². The first-order chi connectivity index (χ1) is 5.17. The Morgan fingerprint density at radius 2 is 2.09 bits per heavy atom. The average Bonchev–Trinajstić information content (AvgIpc) is 2.05. The Labute approximate surface area is 63.2 Å². The van der Waals surface area contributed by atoms with E-state index in [9.17, 15) is 4.79 Å². The van der Waals surface area contributed by atoms with Gasteiger partial charge in [-0.1, -0.05) is 0 Å². The summed E-state index contributed by atoms with van der Waals surface area (Å²) in [5, 5.41) is 26.1. The maximum atomic E-state index is 9.89. The van der Waals surface area contributed by atoms with Crippen LogP contribution < -0.4 is 5.90 Å². The highest BCUT2D eigenvalue weighted by atomic mass is 16.6. The molecule has 0 saturated carbocycles. The Morgan fingerprint density at radius 3 is 2.36 bits per heavy atom. The number of carbonyl (C=O) groups excluding carboxylic acids is 1. The van der Waals surface area contributed by atoms with Crippen molar-refractivity contribution in [3.63, 3.8) is 0 Å². The van der Waals surface area contributed by atoms with E-state index in [0.717, 1.165) is 0 Å². The molecular formula is C5H11NO5. The van der Waals surface area contributed by atoms with E-state index in [1.54, 1.807) is 0 Å². The molecule has 6 heteroatoms. The fourth-order valence-corrected chi connectivity index (χ4v) is 0.532. The van der Waals surface area contributed by atoms with Gasteiger partial charge < -0.3 is 20.1 Å². The van der Waals surface area contributed by atoms with Gasteiger partial charge in [0.05, 0.1) is 6.61 Å². The largest absolute Gasteiger partial charge is 0.393 e. The van der Waals surface area contributed by atoms with Crippen molar-refractivity contribution in [3.8, 4) is 0 Å². The zero-order valence-corrected chi connectivity index (χ0v) is 5.75. The summed E-state index contributed by atoms with van der Waals surface area (Å²) < 4.78 is 0. The molecular weight excluding hydrogens is 154 g/mol. The van der Waals surface area contributed by atoms with E-state index in [0.29, 0.717) is 0 Å². The van der Waals surface area contributed by atoms with Crippen LogP contribution in [0.2, 0.25) is 0 Å². The Bertz CT molecular complexity index is 115. The van der Waals surface area contributed by atoms with Gasteiger partial charge in [0.1, 0.15) is 18.3 Å². The molecule has 0 saturated heterocycles. The van der Waals surface area contributed by atoms with Gasteiger partial charge in [0, 0.05) is 0 Å². The molecule has 0 bridgehead atoms. The molecule has 0 rings (SSSR count). The van der Waals surface area contributed by atoms with Gasteiger partial charge in [-0.2, -0.15) is 0 Å². The molecule has 3 atom stereocenters. The second-order valence-corrected chi connectivity index (χ2v) is 1.97.